The smallest absolute Gasteiger partial charge is 0.164 e. The highest BCUT2D eigenvalue weighted by Gasteiger charge is 2.27. The Labute approximate surface area is 818 Å². The molecule has 0 unspecified atom stereocenters. The zero-order valence-corrected chi connectivity index (χ0v) is 77.9. The third-order valence-electron chi connectivity index (χ3n) is 26.2. The number of rotatable bonds is 17. The molecule has 142 heavy (non-hydrogen) atoms. The molecule has 0 spiro atoms. The summed E-state index contributed by atoms with van der Waals surface area (Å²) in [6, 6.07) is 146. The summed E-state index contributed by atoms with van der Waals surface area (Å²) in [6.45, 7) is 8.56. The molecule has 26 rings (SSSR count). The molecule has 14 aromatic carbocycles. The van der Waals surface area contributed by atoms with Gasteiger partial charge in [-0.1, -0.05) is 315 Å². The largest absolute Gasteiger partial charge is 0.277 e. The van der Waals surface area contributed by atoms with Crippen molar-refractivity contribution in [3.63, 3.8) is 0 Å². The maximum absolute atomic E-state index is 5.10. The SMILES string of the molecule is Cc1cccc(C)c1-n1c(-c2ccc(-c3ccc(-c4nc5cccnc5n4-c4c(C)cccc4C)cc3)cc2)nc2cccnc21.c1ccc(-c2ccccc2-n2c(-c3ccc(-c4ccc(-c5nc6cccnc6n5-c5ccccc5-c5ccccc5)cc4)cc3)nc3cccnc32)cc1.c1ccc(-n2c(-c3ccc(-c4ccc(-c5nc6cccnc6n5-c5ccccc5)cc4)cc3)nc3cccnc32)cc1. The zero-order valence-electron chi connectivity index (χ0n) is 77.9. The lowest BCUT2D eigenvalue weighted by atomic mass is 10.0. The molecule has 0 fully saturated rings. The van der Waals surface area contributed by atoms with Crippen LogP contribution in [-0.2, 0) is 0 Å². The van der Waals surface area contributed by atoms with Crippen LogP contribution < -0.4 is 0 Å². The van der Waals surface area contributed by atoms with Crippen LogP contribution >= 0.6 is 0 Å². The van der Waals surface area contributed by atoms with E-state index in [0.717, 1.165) is 225 Å². The molecule has 0 saturated carbocycles. The van der Waals surface area contributed by atoms with E-state index in [4.69, 9.17) is 49.8 Å². The van der Waals surface area contributed by atoms with Crippen LogP contribution in [0.1, 0.15) is 22.3 Å². The molecule has 12 heterocycles. The summed E-state index contributed by atoms with van der Waals surface area (Å²) in [4.78, 5) is 58.5. The second-order valence-corrected chi connectivity index (χ2v) is 35.1. The molecule has 0 aliphatic heterocycles. The van der Waals surface area contributed by atoms with Gasteiger partial charge in [0, 0.05) is 93.1 Å². The molecule has 26 aromatic rings. The number of aryl methyl sites for hydroxylation is 4. The highest BCUT2D eigenvalue weighted by Crippen LogP contribution is 2.42. The van der Waals surface area contributed by atoms with E-state index in [1.165, 1.54) is 22.3 Å². The molecule has 0 aliphatic carbocycles. The summed E-state index contributed by atoms with van der Waals surface area (Å²) in [5.41, 5.74) is 38.8. The Morgan fingerprint density at radius 2 is 0.345 bits per heavy atom. The van der Waals surface area contributed by atoms with Gasteiger partial charge in [0.05, 0.1) is 22.7 Å². The average Bonchev–Trinajstić information content (AvgIpc) is 1.63. The fraction of sp³-hybridized carbons (Fsp3) is 0.0323. The van der Waals surface area contributed by atoms with Gasteiger partial charge in [0.25, 0.3) is 0 Å². The van der Waals surface area contributed by atoms with Gasteiger partial charge in [-0.3, -0.25) is 27.4 Å². The van der Waals surface area contributed by atoms with E-state index in [2.05, 4.69) is 368 Å². The van der Waals surface area contributed by atoms with Gasteiger partial charge in [0.1, 0.15) is 68.0 Å². The molecule has 0 atom stereocenters. The van der Waals surface area contributed by atoms with E-state index in [-0.39, 0.29) is 0 Å². The third kappa shape index (κ3) is 16.0. The normalized spacial score (nSPS) is 11.4. The molecule has 0 bridgehead atoms. The second-order valence-electron chi connectivity index (χ2n) is 35.1. The van der Waals surface area contributed by atoms with Crippen LogP contribution in [0.2, 0.25) is 0 Å². The summed E-state index contributed by atoms with van der Waals surface area (Å²) in [7, 11) is 0. The van der Waals surface area contributed by atoms with Crippen molar-refractivity contribution in [2.45, 2.75) is 27.7 Å². The Hall–Kier alpha value is -19.2. The van der Waals surface area contributed by atoms with Crippen molar-refractivity contribution in [3.8, 4) is 158 Å². The minimum absolute atomic E-state index is 0.822. The van der Waals surface area contributed by atoms with E-state index in [0.29, 0.717) is 0 Å². The first-order valence-corrected chi connectivity index (χ1v) is 47.3. The molecular weight excluding hydrogens is 1740 g/mol. The van der Waals surface area contributed by atoms with Crippen molar-refractivity contribution in [2.24, 2.45) is 0 Å². The molecule has 0 saturated heterocycles. The lowest BCUT2D eigenvalue weighted by Crippen LogP contribution is -2.03. The minimum Gasteiger partial charge on any atom is -0.277 e. The summed E-state index contributed by atoms with van der Waals surface area (Å²) >= 11 is 0. The first-order chi connectivity index (χ1) is 70.1. The molecule has 0 aliphatic rings. The van der Waals surface area contributed by atoms with Crippen LogP contribution in [0.3, 0.4) is 0 Å². The first kappa shape index (κ1) is 85.7. The lowest BCUT2D eigenvalue weighted by Gasteiger charge is -2.15. The van der Waals surface area contributed by atoms with Crippen LogP contribution in [0, 0.1) is 27.7 Å². The Bertz CT molecular complexity index is 8570. The summed E-state index contributed by atoms with van der Waals surface area (Å²) in [5, 5.41) is 0. The quantitative estimate of drug-likeness (QED) is 0.0842. The monoisotopic (exact) mass is 1830 g/mol. The lowest BCUT2D eigenvalue weighted by molar-refractivity contribution is 1.04. The van der Waals surface area contributed by atoms with E-state index < -0.39 is 0 Å². The molecule has 674 valence electrons. The molecule has 18 nitrogen and oxygen atoms in total. The van der Waals surface area contributed by atoms with E-state index >= 15 is 0 Å². The van der Waals surface area contributed by atoms with Crippen LogP contribution in [0.15, 0.2) is 462 Å². The molecular formula is C124H88N18. The first-order valence-electron chi connectivity index (χ1n) is 47.3. The van der Waals surface area contributed by atoms with Gasteiger partial charge in [-0.2, -0.15) is 0 Å². The van der Waals surface area contributed by atoms with Gasteiger partial charge in [-0.25, -0.2) is 59.8 Å². The predicted octanol–water partition coefficient (Wildman–Crippen LogP) is 29.0. The second kappa shape index (κ2) is 37.1. The number of para-hydroxylation sites is 6. The Balaban J connectivity index is 0.000000116. The molecule has 0 amide bonds. The number of fused-ring (bicyclic) bond motifs is 6. The van der Waals surface area contributed by atoms with E-state index in [1.807, 2.05) is 159 Å². The van der Waals surface area contributed by atoms with Crippen molar-refractivity contribution in [3.05, 3.63) is 484 Å². The number of benzene rings is 14. The highest BCUT2D eigenvalue weighted by molar-refractivity contribution is 5.91. The van der Waals surface area contributed by atoms with Crippen molar-refractivity contribution < 1.29 is 0 Å². The molecule has 0 radical (unpaired) electrons. The number of imidazole rings is 6. The van der Waals surface area contributed by atoms with Crippen LogP contribution in [0.25, 0.3) is 225 Å². The average molecular weight is 1830 g/mol. The topological polar surface area (TPSA) is 184 Å². The molecule has 18 heteroatoms. The minimum atomic E-state index is 0.822. The maximum Gasteiger partial charge on any atom is 0.164 e. The molecule has 12 aromatic heterocycles. The number of hydrogen-bond acceptors (Lipinski definition) is 12. The van der Waals surface area contributed by atoms with Gasteiger partial charge in [0.15, 0.2) is 33.9 Å². The molecule has 0 N–H and O–H groups in total. The van der Waals surface area contributed by atoms with Gasteiger partial charge in [0.2, 0.25) is 0 Å². The third-order valence-corrected chi connectivity index (χ3v) is 26.2. The Morgan fingerprint density at radius 3 is 0.599 bits per heavy atom. The van der Waals surface area contributed by atoms with Crippen LogP contribution in [-0.4, -0.2) is 87.2 Å². The summed E-state index contributed by atoms with van der Waals surface area (Å²) < 4.78 is 13.0. The highest BCUT2D eigenvalue weighted by atomic mass is 15.2. The fourth-order valence-electron chi connectivity index (χ4n) is 19.4. The van der Waals surface area contributed by atoms with Crippen LogP contribution in [0.4, 0.5) is 0 Å². The van der Waals surface area contributed by atoms with Gasteiger partial charge in [-0.15, -0.1) is 0 Å². The fourth-order valence-corrected chi connectivity index (χ4v) is 19.4. The van der Waals surface area contributed by atoms with Crippen molar-refractivity contribution in [1.82, 2.24) is 87.2 Å². The number of aromatic nitrogens is 18. The standard InChI is InChI=1S/C48H32N6.C40H32N6.C36H24N6/c1-3-13-35(14-4-1)39-17-7-9-21-43(39)53-45(51-41-19-11-31-49-47(41)53)37-27-23-33(24-28-37)34-25-29-38(30-26-34)46-52-42-20-12-32-50-48(42)54(46)44-22-10-8-18-40(44)36-15-5-2-6-16-36;1-25-9-5-10-26(2)35(25)45-37(43-33-13-7-23-41-39(33)45)31-19-15-29(16-20-31)30-17-21-32(22-18-30)38-44-34-14-8-24-42-40(34)46(38)36-27(3)11-6-12-28(36)4;1-3-9-29(10-4-1)41-33(39-31-13-7-23-37-35(31)41)27-19-15-25(16-20-27)26-17-21-28(22-18-26)34-40-32-14-8-24-38-36(32)42(34)30-11-5-2-6-12-30/h1-32H;5-24H,1-4H3;1-24H. The number of nitrogens with zero attached hydrogens (tertiary/aromatic N) is 18. The van der Waals surface area contributed by atoms with Gasteiger partial charge >= 0.3 is 0 Å². The Morgan fingerprint density at radius 1 is 0.148 bits per heavy atom. The van der Waals surface area contributed by atoms with E-state index in [9.17, 15) is 0 Å². The maximum atomic E-state index is 5.10. The van der Waals surface area contributed by atoms with E-state index in [1.54, 1.807) is 0 Å². The Kier molecular flexibility index (Phi) is 22.4. The van der Waals surface area contributed by atoms with Crippen molar-refractivity contribution in [1.29, 1.82) is 0 Å². The number of pyridine rings is 6. The van der Waals surface area contributed by atoms with Gasteiger partial charge in [-0.05, 0) is 204 Å². The zero-order chi connectivity index (χ0) is 95.1. The summed E-state index contributed by atoms with van der Waals surface area (Å²) in [5.74, 6) is 5.18. The summed E-state index contributed by atoms with van der Waals surface area (Å²) in [6.07, 6.45) is 10.9. The number of hydrogen-bond donors (Lipinski definition) is 0. The predicted molar refractivity (Wildman–Crippen MR) is 573 cm³/mol. The van der Waals surface area contributed by atoms with Crippen LogP contribution in [0.5, 0.6) is 0 Å². The van der Waals surface area contributed by atoms with Crippen molar-refractivity contribution >= 4 is 67.0 Å². The van der Waals surface area contributed by atoms with Crippen molar-refractivity contribution in [2.75, 3.05) is 0 Å². The van der Waals surface area contributed by atoms with Gasteiger partial charge < -0.3 is 0 Å².